The number of nitrogens with two attached hydrogens (primary N) is 1. The smallest absolute Gasteiger partial charge is 0.191 e. The SMILES string of the molecule is CN1C2C=C3C(C#N)=C(N)C(C#N)(C#N)C(c4ccccc4Cl)C3C1CC2. The molecule has 0 aromatic heterocycles. The number of likely N-dealkylation sites (N-methyl/N-ethyl adjacent to an activating group) is 1. The van der Waals surface area contributed by atoms with Crippen LogP contribution in [0.2, 0.25) is 5.02 Å². The second-order valence-corrected chi connectivity index (χ2v) is 7.86. The molecule has 5 nitrogen and oxygen atoms in total. The van der Waals surface area contributed by atoms with Crippen molar-refractivity contribution in [2.24, 2.45) is 17.1 Å². The lowest BCUT2D eigenvalue weighted by molar-refractivity contribution is 0.160. The fraction of sp³-hybridized carbons (Fsp3) is 0.381. The molecule has 1 saturated heterocycles. The lowest BCUT2D eigenvalue weighted by Crippen LogP contribution is -2.51. The van der Waals surface area contributed by atoms with Gasteiger partial charge in [-0.15, -0.1) is 0 Å². The molecule has 6 heteroatoms. The van der Waals surface area contributed by atoms with E-state index in [-0.39, 0.29) is 29.3 Å². The third-order valence-corrected chi connectivity index (χ3v) is 6.81. The molecule has 0 radical (unpaired) electrons. The minimum absolute atomic E-state index is 0.0476. The summed E-state index contributed by atoms with van der Waals surface area (Å²) in [6.45, 7) is 0. The van der Waals surface area contributed by atoms with Crippen molar-refractivity contribution in [3.05, 3.63) is 57.8 Å². The Kier molecular flexibility index (Phi) is 4.01. The van der Waals surface area contributed by atoms with E-state index in [0.29, 0.717) is 5.02 Å². The van der Waals surface area contributed by atoms with Crippen LogP contribution in [-0.4, -0.2) is 24.0 Å². The van der Waals surface area contributed by atoms with Crippen molar-refractivity contribution in [3.63, 3.8) is 0 Å². The first-order valence-corrected chi connectivity index (χ1v) is 9.29. The summed E-state index contributed by atoms with van der Waals surface area (Å²) in [6, 6.07) is 14.2. The maximum atomic E-state index is 10.1. The molecular weight excluding hydrogens is 358 g/mol. The minimum Gasteiger partial charge on any atom is -0.399 e. The predicted octanol–water partition coefficient (Wildman–Crippen LogP) is 3.23. The maximum Gasteiger partial charge on any atom is 0.191 e. The average molecular weight is 376 g/mol. The fourth-order valence-corrected chi connectivity index (χ4v) is 5.41. The highest BCUT2D eigenvalue weighted by Crippen LogP contribution is 2.58. The average Bonchev–Trinajstić information content (AvgIpc) is 2.91. The second-order valence-electron chi connectivity index (χ2n) is 7.46. The minimum atomic E-state index is -1.63. The lowest BCUT2D eigenvalue weighted by Gasteiger charge is -2.48. The van der Waals surface area contributed by atoms with E-state index in [0.717, 1.165) is 24.0 Å². The van der Waals surface area contributed by atoms with E-state index in [2.05, 4.69) is 36.2 Å². The Morgan fingerprint density at radius 3 is 2.52 bits per heavy atom. The van der Waals surface area contributed by atoms with Crippen LogP contribution in [0, 0.1) is 45.3 Å². The quantitative estimate of drug-likeness (QED) is 0.812. The molecule has 2 aliphatic heterocycles. The van der Waals surface area contributed by atoms with E-state index in [4.69, 9.17) is 17.3 Å². The Bertz CT molecular complexity index is 989. The zero-order valence-corrected chi connectivity index (χ0v) is 15.6. The number of fused-ring (bicyclic) bond motifs is 4. The molecule has 0 amide bonds. The molecule has 0 spiro atoms. The van der Waals surface area contributed by atoms with E-state index in [1.807, 2.05) is 18.2 Å². The lowest BCUT2D eigenvalue weighted by atomic mass is 9.56. The highest BCUT2D eigenvalue weighted by Gasteiger charge is 2.58. The highest BCUT2D eigenvalue weighted by atomic mass is 35.5. The Morgan fingerprint density at radius 1 is 1.19 bits per heavy atom. The zero-order chi connectivity index (χ0) is 19.3. The maximum absolute atomic E-state index is 10.1. The molecule has 1 aromatic rings. The molecule has 1 aromatic carbocycles. The zero-order valence-electron chi connectivity index (χ0n) is 14.9. The van der Waals surface area contributed by atoms with Gasteiger partial charge in [-0.05, 0) is 37.1 Å². The molecule has 134 valence electrons. The van der Waals surface area contributed by atoms with Crippen LogP contribution in [-0.2, 0) is 0 Å². The number of rotatable bonds is 1. The van der Waals surface area contributed by atoms with Crippen LogP contribution in [0.25, 0.3) is 0 Å². The number of allylic oxidation sites excluding steroid dienone is 2. The van der Waals surface area contributed by atoms with Crippen LogP contribution in [0.1, 0.15) is 24.3 Å². The van der Waals surface area contributed by atoms with E-state index in [1.54, 1.807) is 6.07 Å². The van der Waals surface area contributed by atoms with Crippen molar-refractivity contribution >= 4 is 11.6 Å². The summed E-state index contributed by atoms with van der Waals surface area (Å²) in [4.78, 5) is 2.29. The number of benzene rings is 1. The Labute approximate surface area is 163 Å². The third kappa shape index (κ3) is 2.18. The number of hydrogen-bond acceptors (Lipinski definition) is 5. The van der Waals surface area contributed by atoms with Crippen molar-refractivity contribution < 1.29 is 0 Å². The van der Waals surface area contributed by atoms with Gasteiger partial charge in [0.25, 0.3) is 0 Å². The van der Waals surface area contributed by atoms with Crippen LogP contribution in [0.15, 0.2) is 47.2 Å². The highest BCUT2D eigenvalue weighted by molar-refractivity contribution is 6.31. The Balaban J connectivity index is 2.08. The van der Waals surface area contributed by atoms with Gasteiger partial charge < -0.3 is 5.73 Å². The number of hydrogen-bond donors (Lipinski definition) is 1. The molecule has 3 aliphatic rings. The van der Waals surface area contributed by atoms with Crippen molar-refractivity contribution in [3.8, 4) is 18.2 Å². The Morgan fingerprint density at radius 2 is 1.89 bits per heavy atom. The molecule has 27 heavy (non-hydrogen) atoms. The monoisotopic (exact) mass is 375 g/mol. The summed E-state index contributed by atoms with van der Waals surface area (Å²) in [5.41, 5.74) is 6.64. The summed E-state index contributed by atoms with van der Waals surface area (Å²) >= 11 is 6.51. The summed E-state index contributed by atoms with van der Waals surface area (Å²) in [5.74, 6) is -0.717. The van der Waals surface area contributed by atoms with Crippen molar-refractivity contribution in [1.82, 2.24) is 4.90 Å². The summed E-state index contributed by atoms with van der Waals surface area (Å²) in [5, 5.41) is 30.5. The van der Waals surface area contributed by atoms with E-state index in [1.165, 1.54) is 0 Å². The van der Waals surface area contributed by atoms with Gasteiger partial charge in [0, 0.05) is 28.9 Å². The molecule has 2 heterocycles. The van der Waals surface area contributed by atoms with E-state index >= 15 is 0 Å². The molecule has 4 atom stereocenters. The van der Waals surface area contributed by atoms with Gasteiger partial charge in [0.15, 0.2) is 5.41 Å². The van der Waals surface area contributed by atoms with Gasteiger partial charge in [-0.25, -0.2) is 0 Å². The fourth-order valence-electron chi connectivity index (χ4n) is 5.16. The van der Waals surface area contributed by atoms with Crippen LogP contribution in [0.3, 0.4) is 0 Å². The molecule has 1 aliphatic carbocycles. The summed E-state index contributed by atoms with van der Waals surface area (Å²) in [7, 11) is 2.06. The number of nitrogens with zero attached hydrogens (tertiary/aromatic N) is 4. The van der Waals surface area contributed by atoms with Gasteiger partial charge in [-0.2, -0.15) is 15.8 Å². The van der Waals surface area contributed by atoms with Gasteiger partial charge >= 0.3 is 0 Å². The molecule has 4 unspecified atom stereocenters. The standard InChI is InChI=1S/C21H18ClN5/c1-27-12-6-7-17(27)18-14(8-12)15(9-23)20(26)21(10-24,11-25)19(18)13-4-2-3-5-16(13)22/h2-5,8,12,17-19H,6-7,26H2,1H3. The van der Waals surface area contributed by atoms with Crippen LogP contribution in [0.5, 0.6) is 0 Å². The van der Waals surface area contributed by atoms with Crippen molar-refractivity contribution in [2.45, 2.75) is 30.8 Å². The first kappa shape index (κ1) is 17.6. The molecule has 2 N–H and O–H groups in total. The van der Waals surface area contributed by atoms with Gasteiger partial charge in [-0.1, -0.05) is 35.9 Å². The molecule has 0 saturated carbocycles. The molecule has 1 fully saturated rings. The van der Waals surface area contributed by atoms with Crippen LogP contribution in [0.4, 0.5) is 0 Å². The van der Waals surface area contributed by atoms with Crippen molar-refractivity contribution in [1.29, 1.82) is 15.8 Å². The summed E-state index contributed by atoms with van der Waals surface area (Å²) < 4.78 is 0. The largest absolute Gasteiger partial charge is 0.399 e. The normalized spacial score (nSPS) is 31.3. The second kappa shape index (κ2) is 6.14. The van der Waals surface area contributed by atoms with Crippen LogP contribution >= 0.6 is 11.6 Å². The van der Waals surface area contributed by atoms with E-state index in [9.17, 15) is 15.8 Å². The van der Waals surface area contributed by atoms with Crippen LogP contribution < -0.4 is 5.73 Å². The number of nitriles is 3. The van der Waals surface area contributed by atoms with E-state index < -0.39 is 11.3 Å². The Hall–Kier alpha value is -2.78. The molecule has 2 bridgehead atoms. The van der Waals surface area contributed by atoms with Gasteiger partial charge in [0.05, 0.1) is 23.4 Å². The first-order chi connectivity index (χ1) is 13.0. The number of halogens is 1. The van der Waals surface area contributed by atoms with Gasteiger partial charge in [0.2, 0.25) is 0 Å². The van der Waals surface area contributed by atoms with Gasteiger partial charge in [0.1, 0.15) is 6.07 Å². The summed E-state index contributed by atoms with van der Waals surface area (Å²) in [6.07, 6.45) is 4.03. The topological polar surface area (TPSA) is 101 Å². The van der Waals surface area contributed by atoms with Crippen molar-refractivity contribution in [2.75, 3.05) is 7.05 Å². The predicted molar refractivity (Wildman–Crippen MR) is 101 cm³/mol. The third-order valence-electron chi connectivity index (χ3n) is 6.46. The molecule has 4 rings (SSSR count). The first-order valence-electron chi connectivity index (χ1n) is 8.91. The molecular formula is C21H18ClN5. The van der Waals surface area contributed by atoms with Gasteiger partial charge in [-0.3, -0.25) is 4.90 Å².